The van der Waals surface area contributed by atoms with Crippen LogP contribution < -0.4 is 9.80 Å². The van der Waals surface area contributed by atoms with Gasteiger partial charge >= 0.3 is 0 Å². The minimum atomic E-state index is -1.15. The number of unbranched alkanes of at least 4 members (excludes halogenated alkanes) is 1. The zero-order chi connectivity index (χ0) is 30.0. The molecule has 3 aliphatic heterocycles. The van der Waals surface area contributed by atoms with Crippen LogP contribution in [0.15, 0.2) is 73.8 Å². The van der Waals surface area contributed by atoms with Crippen LogP contribution in [-0.2, 0) is 19.1 Å². The van der Waals surface area contributed by atoms with Gasteiger partial charge in [-0.1, -0.05) is 54.1 Å². The standard InChI is InChI=1S/C33H38ClN3O5/c1-4-18-35(23-13-7-6-8-14-23)30(39)26-25-16-17-33(42-25)27(26)31(40)37(20-9-10-21-38)29(33)32(41)36(19-5-2)28-22(3)12-11-15-24(28)34/h4-8,11-15,25-27,29,38H,1-2,9-10,16-21H2,3H3/t25-,26+,27-,29?,33?/m0/s1. The number of para-hydroxylation sites is 2. The number of fused-ring (bicyclic) bond motifs is 1. The fraction of sp³-hybridized carbons (Fsp3) is 0.424. The SMILES string of the molecule is C=CCN(C(=O)[C@@H]1[C@@H]2CCC3(O2)C(C(=O)N(CC=C)c2c(C)cccc2Cl)N(CCCCO)C(=O)[C@H]13)c1ccccc1. The normalized spacial score (nSPS) is 25.8. The second kappa shape index (κ2) is 12.4. The van der Waals surface area contributed by atoms with E-state index in [2.05, 4.69) is 13.2 Å². The summed E-state index contributed by atoms with van der Waals surface area (Å²) in [5.74, 6) is -2.32. The van der Waals surface area contributed by atoms with Gasteiger partial charge in [0.05, 0.1) is 28.6 Å². The second-order valence-electron chi connectivity index (χ2n) is 11.2. The van der Waals surface area contributed by atoms with Crippen LogP contribution in [0.2, 0.25) is 5.02 Å². The molecule has 3 saturated heterocycles. The number of halogens is 1. The quantitative estimate of drug-likeness (QED) is 0.289. The fourth-order valence-electron chi connectivity index (χ4n) is 7.12. The first-order valence-electron chi connectivity index (χ1n) is 14.5. The lowest BCUT2D eigenvalue weighted by Gasteiger charge is -2.37. The summed E-state index contributed by atoms with van der Waals surface area (Å²) < 4.78 is 6.66. The van der Waals surface area contributed by atoms with Gasteiger partial charge < -0.3 is 24.5 Å². The van der Waals surface area contributed by atoms with Crippen molar-refractivity contribution >= 4 is 40.7 Å². The van der Waals surface area contributed by atoms with Crippen molar-refractivity contribution in [3.05, 3.63) is 84.4 Å². The minimum Gasteiger partial charge on any atom is -0.396 e. The number of hydrogen-bond acceptors (Lipinski definition) is 5. The van der Waals surface area contributed by atoms with Crippen LogP contribution in [-0.4, -0.2) is 71.7 Å². The molecular formula is C33H38ClN3O5. The van der Waals surface area contributed by atoms with E-state index in [1.165, 1.54) is 0 Å². The zero-order valence-electron chi connectivity index (χ0n) is 24.0. The first kappa shape index (κ1) is 30.0. The van der Waals surface area contributed by atoms with Crippen LogP contribution in [0, 0.1) is 18.8 Å². The maximum Gasteiger partial charge on any atom is 0.253 e. The zero-order valence-corrected chi connectivity index (χ0v) is 24.7. The molecule has 5 atom stereocenters. The molecule has 3 fully saturated rings. The molecule has 0 radical (unpaired) electrons. The number of ether oxygens (including phenoxy) is 1. The number of amides is 3. The van der Waals surface area contributed by atoms with Crippen molar-refractivity contribution in [2.24, 2.45) is 11.8 Å². The Kier molecular flexibility index (Phi) is 8.87. The Morgan fingerprint density at radius 1 is 1.07 bits per heavy atom. The Bertz CT molecular complexity index is 1350. The lowest BCUT2D eigenvalue weighted by molar-refractivity contribution is -0.140. The number of carbonyl (C=O) groups is 3. The van der Waals surface area contributed by atoms with Gasteiger partial charge in [-0.05, 0) is 56.4 Å². The smallest absolute Gasteiger partial charge is 0.253 e. The van der Waals surface area contributed by atoms with Gasteiger partial charge in [-0.3, -0.25) is 14.4 Å². The highest BCUT2D eigenvalue weighted by Crippen LogP contribution is 2.59. The van der Waals surface area contributed by atoms with Crippen LogP contribution in [0.5, 0.6) is 0 Å². The van der Waals surface area contributed by atoms with Gasteiger partial charge in [0.2, 0.25) is 11.8 Å². The second-order valence-corrected chi connectivity index (χ2v) is 11.6. The highest BCUT2D eigenvalue weighted by molar-refractivity contribution is 6.34. The third kappa shape index (κ3) is 4.95. The average Bonchev–Trinajstić information content (AvgIpc) is 3.63. The summed E-state index contributed by atoms with van der Waals surface area (Å²) in [7, 11) is 0. The number of aliphatic hydroxyl groups is 1. The molecule has 42 heavy (non-hydrogen) atoms. The molecule has 0 aromatic heterocycles. The van der Waals surface area contributed by atoms with E-state index in [9.17, 15) is 19.5 Å². The Morgan fingerprint density at radius 3 is 2.45 bits per heavy atom. The molecule has 0 saturated carbocycles. The van der Waals surface area contributed by atoms with Gasteiger partial charge in [0.1, 0.15) is 11.6 Å². The van der Waals surface area contributed by atoms with E-state index < -0.39 is 29.6 Å². The maximum atomic E-state index is 14.7. The predicted molar refractivity (Wildman–Crippen MR) is 163 cm³/mol. The van der Waals surface area contributed by atoms with Crippen LogP contribution in [0.3, 0.4) is 0 Å². The molecule has 2 aromatic carbocycles. The number of hydrogen-bond donors (Lipinski definition) is 1. The Hall–Kier alpha value is -3.46. The van der Waals surface area contributed by atoms with Crippen LogP contribution >= 0.6 is 11.6 Å². The Morgan fingerprint density at radius 2 is 1.79 bits per heavy atom. The Balaban J connectivity index is 1.57. The number of likely N-dealkylation sites (tertiary alicyclic amines) is 1. The summed E-state index contributed by atoms with van der Waals surface area (Å²) in [5.41, 5.74) is 0.941. The number of rotatable bonds is 12. The van der Waals surface area contributed by atoms with Crippen molar-refractivity contribution in [2.45, 2.75) is 50.4 Å². The number of benzene rings is 2. The number of aryl methyl sites for hydroxylation is 1. The van der Waals surface area contributed by atoms with Crippen molar-refractivity contribution in [1.82, 2.24) is 4.90 Å². The molecule has 5 rings (SSSR count). The van der Waals surface area contributed by atoms with E-state index in [-0.39, 0.29) is 44.0 Å². The molecule has 3 heterocycles. The van der Waals surface area contributed by atoms with Gasteiger partial charge in [0.25, 0.3) is 5.91 Å². The van der Waals surface area contributed by atoms with Gasteiger partial charge in [-0.25, -0.2) is 0 Å². The fourth-order valence-corrected chi connectivity index (χ4v) is 7.45. The highest BCUT2D eigenvalue weighted by Gasteiger charge is 2.75. The number of nitrogens with zero attached hydrogens (tertiary/aromatic N) is 3. The molecule has 2 unspecified atom stereocenters. The first-order chi connectivity index (χ1) is 20.3. The summed E-state index contributed by atoms with van der Waals surface area (Å²) in [5, 5.41) is 9.88. The van der Waals surface area contributed by atoms with Gasteiger partial charge in [0.15, 0.2) is 0 Å². The van der Waals surface area contributed by atoms with Crippen molar-refractivity contribution in [3.8, 4) is 0 Å². The molecule has 222 valence electrons. The summed E-state index contributed by atoms with van der Waals surface area (Å²) in [6, 6.07) is 13.8. The molecule has 0 aliphatic carbocycles. The number of aliphatic hydroxyl groups excluding tert-OH is 1. The third-order valence-corrected chi connectivity index (χ3v) is 9.11. The molecule has 2 bridgehead atoms. The van der Waals surface area contributed by atoms with Gasteiger partial charge in [-0.15, -0.1) is 13.2 Å². The van der Waals surface area contributed by atoms with Crippen LogP contribution in [0.25, 0.3) is 0 Å². The van der Waals surface area contributed by atoms with E-state index in [1.54, 1.807) is 32.9 Å². The van der Waals surface area contributed by atoms with Gasteiger partial charge in [-0.2, -0.15) is 0 Å². The lowest BCUT2D eigenvalue weighted by atomic mass is 9.70. The maximum absolute atomic E-state index is 14.7. The molecule has 8 nitrogen and oxygen atoms in total. The largest absolute Gasteiger partial charge is 0.396 e. The molecule has 1 N–H and O–H groups in total. The molecule has 3 aliphatic rings. The van der Waals surface area contributed by atoms with Crippen molar-refractivity contribution in [2.75, 3.05) is 36.0 Å². The molecule has 1 spiro atoms. The van der Waals surface area contributed by atoms with Crippen molar-refractivity contribution in [1.29, 1.82) is 0 Å². The van der Waals surface area contributed by atoms with E-state index in [4.69, 9.17) is 16.3 Å². The van der Waals surface area contributed by atoms with E-state index in [0.29, 0.717) is 42.1 Å². The average molecular weight is 592 g/mol. The minimum absolute atomic E-state index is 0.0239. The van der Waals surface area contributed by atoms with Crippen molar-refractivity contribution in [3.63, 3.8) is 0 Å². The lowest BCUT2D eigenvalue weighted by Crippen LogP contribution is -2.57. The van der Waals surface area contributed by atoms with E-state index in [1.807, 2.05) is 49.4 Å². The monoisotopic (exact) mass is 591 g/mol. The molecule has 9 heteroatoms. The summed E-state index contributed by atoms with van der Waals surface area (Å²) in [6.07, 6.45) is 4.86. The van der Waals surface area contributed by atoms with Crippen molar-refractivity contribution < 1.29 is 24.2 Å². The van der Waals surface area contributed by atoms with Crippen LogP contribution in [0.1, 0.15) is 31.2 Å². The summed E-state index contributed by atoms with van der Waals surface area (Å²) >= 11 is 6.63. The molecule has 2 aromatic rings. The first-order valence-corrected chi connectivity index (χ1v) is 14.9. The summed E-state index contributed by atoms with van der Waals surface area (Å²) in [6.45, 7) is 10.3. The van der Waals surface area contributed by atoms with E-state index in [0.717, 1.165) is 5.56 Å². The number of anilines is 2. The summed E-state index contributed by atoms with van der Waals surface area (Å²) in [4.78, 5) is 48.1. The van der Waals surface area contributed by atoms with E-state index >= 15 is 0 Å². The Labute approximate surface area is 252 Å². The highest BCUT2D eigenvalue weighted by atomic mass is 35.5. The number of carbonyl (C=O) groups excluding carboxylic acids is 3. The molecule has 3 amide bonds. The third-order valence-electron chi connectivity index (χ3n) is 8.81. The topological polar surface area (TPSA) is 90.4 Å². The molecular weight excluding hydrogens is 554 g/mol. The predicted octanol–water partition coefficient (Wildman–Crippen LogP) is 4.53. The van der Waals surface area contributed by atoms with Gasteiger partial charge in [0, 0.05) is 31.9 Å². The van der Waals surface area contributed by atoms with Crippen LogP contribution in [0.4, 0.5) is 11.4 Å².